The molecule has 24 heavy (non-hydrogen) atoms. The zero-order valence-corrected chi connectivity index (χ0v) is 13.4. The molecule has 2 amide bonds. The van der Waals surface area contributed by atoms with Gasteiger partial charge in [0.05, 0.1) is 12.2 Å². The topological polar surface area (TPSA) is 84.2 Å². The van der Waals surface area contributed by atoms with E-state index < -0.39 is 17.5 Å². The van der Waals surface area contributed by atoms with Gasteiger partial charge in [-0.15, -0.1) is 0 Å². The molecule has 2 rings (SSSR count). The number of aryl methyl sites for hydroxylation is 1. The standard InChI is InChI=1S/C15H14ClF2N3O3/c1-8-10(15(16)24-21-8)3-5-13(22)19-7-14(23)20-9-2-4-11(17)12(18)6-9/h2,4,6H,3,5,7H2,1H3,(H,19,22)(H,20,23). The first-order valence-corrected chi connectivity index (χ1v) is 7.37. The van der Waals surface area contributed by atoms with Crippen molar-refractivity contribution < 1.29 is 22.9 Å². The number of carbonyl (C=O) groups excluding carboxylic acids is 2. The van der Waals surface area contributed by atoms with Crippen molar-refractivity contribution in [3.8, 4) is 0 Å². The number of hydrogen-bond donors (Lipinski definition) is 2. The number of aromatic nitrogens is 1. The highest BCUT2D eigenvalue weighted by Gasteiger charge is 2.13. The Kier molecular flexibility index (Phi) is 5.86. The van der Waals surface area contributed by atoms with Crippen LogP contribution in [0.25, 0.3) is 0 Å². The number of nitrogens with one attached hydrogen (secondary N) is 2. The van der Waals surface area contributed by atoms with Crippen LogP contribution < -0.4 is 10.6 Å². The first-order chi connectivity index (χ1) is 11.4. The summed E-state index contributed by atoms with van der Waals surface area (Å²) in [4.78, 5) is 23.4. The van der Waals surface area contributed by atoms with Crippen molar-refractivity contribution in [1.82, 2.24) is 10.5 Å². The molecule has 1 heterocycles. The molecule has 2 N–H and O–H groups in total. The molecule has 0 aliphatic carbocycles. The number of carbonyl (C=O) groups is 2. The van der Waals surface area contributed by atoms with Crippen molar-refractivity contribution in [2.75, 3.05) is 11.9 Å². The fourth-order valence-electron chi connectivity index (χ4n) is 1.92. The van der Waals surface area contributed by atoms with Crippen LogP contribution in [-0.2, 0) is 16.0 Å². The zero-order chi connectivity index (χ0) is 17.7. The Morgan fingerprint density at radius 1 is 1.25 bits per heavy atom. The summed E-state index contributed by atoms with van der Waals surface area (Å²) in [6.45, 7) is 1.41. The molecule has 0 spiro atoms. The summed E-state index contributed by atoms with van der Waals surface area (Å²) in [7, 11) is 0. The second-order valence-corrected chi connectivity index (χ2v) is 5.32. The third-order valence-electron chi connectivity index (χ3n) is 3.19. The van der Waals surface area contributed by atoms with Crippen LogP contribution in [-0.4, -0.2) is 23.5 Å². The summed E-state index contributed by atoms with van der Waals surface area (Å²) in [6, 6.07) is 2.97. The highest BCUT2D eigenvalue weighted by molar-refractivity contribution is 6.29. The zero-order valence-electron chi connectivity index (χ0n) is 12.7. The third-order valence-corrected chi connectivity index (χ3v) is 3.49. The normalized spacial score (nSPS) is 10.5. The number of hydrogen-bond acceptors (Lipinski definition) is 4. The molecule has 0 bridgehead atoms. The molecule has 0 radical (unpaired) electrons. The van der Waals surface area contributed by atoms with Gasteiger partial charge in [0.15, 0.2) is 11.6 Å². The lowest BCUT2D eigenvalue weighted by atomic mass is 10.1. The lowest BCUT2D eigenvalue weighted by molar-refractivity contribution is -0.124. The van der Waals surface area contributed by atoms with Crippen LogP contribution in [0.4, 0.5) is 14.5 Å². The second-order valence-electron chi connectivity index (χ2n) is 4.97. The van der Waals surface area contributed by atoms with Gasteiger partial charge in [0, 0.05) is 23.7 Å². The molecular formula is C15H14ClF2N3O3. The molecule has 0 saturated heterocycles. The van der Waals surface area contributed by atoms with Crippen LogP contribution in [0, 0.1) is 18.6 Å². The average molecular weight is 358 g/mol. The van der Waals surface area contributed by atoms with E-state index in [-0.39, 0.29) is 29.8 Å². The molecule has 0 aliphatic heterocycles. The summed E-state index contributed by atoms with van der Waals surface area (Å²) in [5.74, 6) is -3.01. The maximum atomic E-state index is 13.0. The fraction of sp³-hybridized carbons (Fsp3) is 0.267. The molecule has 0 unspecified atom stereocenters. The lowest BCUT2D eigenvalue weighted by Crippen LogP contribution is -2.33. The highest BCUT2D eigenvalue weighted by atomic mass is 35.5. The number of amides is 2. The average Bonchev–Trinajstić information content (AvgIpc) is 2.85. The minimum Gasteiger partial charge on any atom is -0.347 e. The predicted octanol–water partition coefficient (Wildman–Crippen LogP) is 2.60. The van der Waals surface area contributed by atoms with Crippen molar-refractivity contribution in [2.45, 2.75) is 19.8 Å². The quantitative estimate of drug-likeness (QED) is 0.832. The SMILES string of the molecule is Cc1noc(Cl)c1CCC(=O)NCC(=O)Nc1ccc(F)c(F)c1. The monoisotopic (exact) mass is 357 g/mol. The molecule has 1 aromatic heterocycles. The molecular weight excluding hydrogens is 344 g/mol. The van der Waals surface area contributed by atoms with Gasteiger partial charge in [-0.1, -0.05) is 5.16 Å². The number of rotatable bonds is 6. The van der Waals surface area contributed by atoms with Gasteiger partial charge in [-0.3, -0.25) is 9.59 Å². The van der Waals surface area contributed by atoms with Crippen molar-refractivity contribution in [1.29, 1.82) is 0 Å². The fourth-order valence-corrected chi connectivity index (χ4v) is 2.19. The Hall–Kier alpha value is -2.48. The van der Waals surface area contributed by atoms with E-state index in [4.69, 9.17) is 16.1 Å². The Labute approximate surface area is 141 Å². The van der Waals surface area contributed by atoms with Crippen molar-refractivity contribution in [3.63, 3.8) is 0 Å². The van der Waals surface area contributed by atoms with E-state index in [2.05, 4.69) is 15.8 Å². The minimum absolute atomic E-state index is 0.0972. The molecule has 0 fully saturated rings. The lowest BCUT2D eigenvalue weighted by Gasteiger charge is -2.07. The molecule has 9 heteroatoms. The van der Waals surface area contributed by atoms with Crippen LogP contribution in [0.5, 0.6) is 0 Å². The van der Waals surface area contributed by atoms with Crippen LogP contribution in [0.1, 0.15) is 17.7 Å². The maximum Gasteiger partial charge on any atom is 0.243 e. The van der Waals surface area contributed by atoms with Crippen molar-refractivity contribution >= 4 is 29.1 Å². The summed E-state index contributed by atoms with van der Waals surface area (Å²) in [5.41, 5.74) is 1.34. The summed E-state index contributed by atoms with van der Waals surface area (Å²) >= 11 is 5.79. The van der Waals surface area contributed by atoms with E-state index in [1.165, 1.54) is 6.07 Å². The van der Waals surface area contributed by atoms with Gasteiger partial charge in [0.2, 0.25) is 17.0 Å². The van der Waals surface area contributed by atoms with E-state index >= 15 is 0 Å². The first-order valence-electron chi connectivity index (χ1n) is 6.99. The van der Waals surface area contributed by atoms with Gasteiger partial charge in [-0.25, -0.2) is 8.78 Å². The number of halogens is 3. The molecule has 1 aromatic carbocycles. The van der Waals surface area contributed by atoms with E-state index in [1.54, 1.807) is 6.92 Å². The second kappa shape index (κ2) is 7.87. The number of anilines is 1. The minimum atomic E-state index is -1.07. The van der Waals surface area contributed by atoms with Crippen LogP contribution in [0.2, 0.25) is 5.22 Å². The predicted molar refractivity (Wildman–Crippen MR) is 82.6 cm³/mol. The third kappa shape index (κ3) is 4.76. The molecule has 2 aromatic rings. The van der Waals surface area contributed by atoms with Gasteiger partial charge in [0.25, 0.3) is 0 Å². The van der Waals surface area contributed by atoms with Gasteiger partial charge in [-0.05, 0) is 37.1 Å². The Bertz CT molecular complexity index is 745. The maximum absolute atomic E-state index is 13.0. The highest BCUT2D eigenvalue weighted by Crippen LogP contribution is 2.20. The summed E-state index contributed by atoms with van der Waals surface area (Å²) in [5, 5.41) is 8.57. The smallest absolute Gasteiger partial charge is 0.243 e. The first kappa shape index (κ1) is 17.9. The molecule has 0 aliphatic rings. The summed E-state index contributed by atoms with van der Waals surface area (Å²) in [6.07, 6.45) is 0.422. The van der Waals surface area contributed by atoms with E-state index in [9.17, 15) is 18.4 Å². The number of benzene rings is 1. The number of nitrogens with zero attached hydrogens (tertiary/aromatic N) is 1. The van der Waals surface area contributed by atoms with Gasteiger partial charge in [-0.2, -0.15) is 0 Å². The largest absolute Gasteiger partial charge is 0.347 e. The van der Waals surface area contributed by atoms with Crippen molar-refractivity contribution in [3.05, 3.63) is 46.3 Å². The van der Waals surface area contributed by atoms with Crippen LogP contribution in [0.3, 0.4) is 0 Å². The van der Waals surface area contributed by atoms with Gasteiger partial charge >= 0.3 is 0 Å². The Balaban J connectivity index is 1.76. The molecule has 0 saturated carbocycles. The molecule has 6 nitrogen and oxygen atoms in total. The van der Waals surface area contributed by atoms with Gasteiger partial charge in [0.1, 0.15) is 0 Å². The Morgan fingerprint density at radius 2 is 2.00 bits per heavy atom. The van der Waals surface area contributed by atoms with Gasteiger partial charge < -0.3 is 15.2 Å². The Morgan fingerprint density at radius 3 is 2.62 bits per heavy atom. The van der Waals surface area contributed by atoms with E-state index in [0.717, 1.165) is 12.1 Å². The summed E-state index contributed by atoms with van der Waals surface area (Å²) < 4.78 is 30.6. The van der Waals surface area contributed by atoms with E-state index in [1.807, 2.05) is 0 Å². The molecule has 0 atom stereocenters. The van der Waals surface area contributed by atoms with Crippen LogP contribution >= 0.6 is 11.6 Å². The van der Waals surface area contributed by atoms with Crippen LogP contribution in [0.15, 0.2) is 22.7 Å². The van der Waals surface area contributed by atoms with E-state index in [0.29, 0.717) is 17.7 Å². The molecule has 128 valence electrons. The van der Waals surface area contributed by atoms with Crippen molar-refractivity contribution in [2.24, 2.45) is 0 Å².